The molecule has 2 heterocycles. The van der Waals surface area contributed by atoms with Gasteiger partial charge in [-0.15, -0.1) is 0 Å². The van der Waals surface area contributed by atoms with Gasteiger partial charge in [-0.1, -0.05) is 6.07 Å². The van der Waals surface area contributed by atoms with Crippen LogP contribution in [-0.4, -0.2) is 21.2 Å². The zero-order valence-corrected chi connectivity index (χ0v) is 11.4. The highest BCUT2D eigenvalue weighted by atomic mass is 32.1. The highest BCUT2D eigenvalue weighted by molar-refractivity contribution is 7.81. The lowest BCUT2D eigenvalue weighted by Gasteiger charge is -2.29. The second kappa shape index (κ2) is 5.07. The van der Waals surface area contributed by atoms with Gasteiger partial charge in [-0.05, 0) is 25.0 Å². The molecule has 1 aliphatic rings. The van der Waals surface area contributed by atoms with Crippen molar-refractivity contribution in [2.45, 2.75) is 30.5 Å². The number of hydrazine groups is 1. The van der Waals surface area contributed by atoms with E-state index < -0.39 is 16.5 Å². The van der Waals surface area contributed by atoms with Gasteiger partial charge in [0, 0.05) is 12.4 Å². The van der Waals surface area contributed by atoms with Crippen LogP contribution in [0.5, 0.6) is 0 Å². The number of aliphatic hydroxyl groups excluding tert-OH is 1. The number of thiol groups is 1. The van der Waals surface area contributed by atoms with E-state index in [2.05, 4.69) is 34.4 Å². The largest absolute Gasteiger partial charge is 0.374 e. The fourth-order valence-corrected chi connectivity index (χ4v) is 3.07. The number of hydrogen-bond acceptors (Lipinski definition) is 7. The lowest BCUT2D eigenvalue weighted by atomic mass is 9.80. The molecule has 0 saturated carbocycles. The molecule has 4 unspecified atom stereocenters. The first-order chi connectivity index (χ1) is 8.95. The van der Waals surface area contributed by atoms with Gasteiger partial charge in [0.05, 0.1) is 17.5 Å². The van der Waals surface area contributed by atoms with E-state index in [-0.39, 0.29) is 6.04 Å². The van der Waals surface area contributed by atoms with Gasteiger partial charge in [0.1, 0.15) is 11.1 Å². The van der Waals surface area contributed by atoms with Gasteiger partial charge < -0.3 is 5.11 Å². The average molecular weight is 279 g/mol. The summed E-state index contributed by atoms with van der Waals surface area (Å²) < 4.78 is 0. The summed E-state index contributed by atoms with van der Waals surface area (Å²) >= 11 is 4.46. The average Bonchev–Trinajstić information content (AvgIpc) is 2.72. The molecule has 1 aromatic heterocycles. The predicted octanol–water partition coefficient (Wildman–Crippen LogP) is 0.0537. The highest BCUT2D eigenvalue weighted by Crippen LogP contribution is 2.49. The summed E-state index contributed by atoms with van der Waals surface area (Å²) in [6.45, 7) is 1.83. The SMILES string of the molecule is CC1(C#N)CC(S)(C(O)NN)NC1c1cccnc1. The molecule has 1 fully saturated rings. The van der Waals surface area contributed by atoms with Crippen molar-refractivity contribution in [1.29, 1.82) is 5.26 Å². The number of nitrogens with two attached hydrogens (primary N) is 1. The lowest BCUT2D eigenvalue weighted by molar-refractivity contribution is 0.0840. The number of hydrogen-bond donors (Lipinski definition) is 5. The van der Waals surface area contributed by atoms with E-state index in [1.165, 1.54) is 0 Å². The van der Waals surface area contributed by atoms with Crippen LogP contribution in [0.4, 0.5) is 0 Å². The first-order valence-electron chi connectivity index (χ1n) is 5.90. The summed E-state index contributed by atoms with van der Waals surface area (Å²) in [4.78, 5) is 3.09. The predicted molar refractivity (Wildman–Crippen MR) is 73.5 cm³/mol. The summed E-state index contributed by atoms with van der Waals surface area (Å²) in [6.07, 6.45) is 2.66. The number of nitrogens with zero attached hydrogens (tertiary/aromatic N) is 2. The van der Waals surface area contributed by atoms with E-state index in [1.54, 1.807) is 12.4 Å². The van der Waals surface area contributed by atoms with Gasteiger partial charge in [-0.25, -0.2) is 5.43 Å². The van der Waals surface area contributed by atoms with Crippen LogP contribution in [0, 0.1) is 16.7 Å². The van der Waals surface area contributed by atoms with E-state index >= 15 is 0 Å². The fraction of sp³-hybridized carbons (Fsp3) is 0.500. The van der Waals surface area contributed by atoms with Crippen LogP contribution in [0.25, 0.3) is 0 Å². The molecule has 7 heteroatoms. The Morgan fingerprint density at radius 2 is 2.53 bits per heavy atom. The van der Waals surface area contributed by atoms with Crippen LogP contribution in [-0.2, 0) is 0 Å². The molecule has 4 atom stereocenters. The van der Waals surface area contributed by atoms with Gasteiger partial charge in [0.2, 0.25) is 0 Å². The molecule has 1 saturated heterocycles. The molecular weight excluding hydrogens is 262 g/mol. The maximum atomic E-state index is 9.91. The number of nitriles is 1. The molecular formula is C12H17N5OS. The van der Waals surface area contributed by atoms with Crippen LogP contribution in [0.15, 0.2) is 24.5 Å². The summed E-state index contributed by atoms with van der Waals surface area (Å²) in [6, 6.07) is 5.73. The molecule has 0 bridgehead atoms. The second-order valence-corrected chi connectivity index (χ2v) is 5.86. The van der Waals surface area contributed by atoms with Gasteiger partial charge in [0.15, 0.2) is 0 Å². The van der Waals surface area contributed by atoms with Gasteiger partial charge >= 0.3 is 0 Å². The van der Waals surface area contributed by atoms with Crippen molar-refractivity contribution in [3.05, 3.63) is 30.1 Å². The molecule has 0 radical (unpaired) electrons. The van der Waals surface area contributed by atoms with Crippen molar-refractivity contribution < 1.29 is 5.11 Å². The minimum atomic E-state index is -1.06. The van der Waals surface area contributed by atoms with Gasteiger partial charge in [-0.2, -0.15) is 17.9 Å². The Balaban J connectivity index is 2.37. The first kappa shape index (κ1) is 14.2. The number of pyridine rings is 1. The van der Waals surface area contributed by atoms with Crippen molar-refractivity contribution in [3.63, 3.8) is 0 Å². The van der Waals surface area contributed by atoms with E-state index in [0.717, 1.165) is 5.56 Å². The Morgan fingerprint density at radius 3 is 3.05 bits per heavy atom. The molecule has 0 amide bonds. The van der Waals surface area contributed by atoms with Gasteiger partial charge in [-0.3, -0.25) is 16.1 Å². The van der Waals surface area contributed by atoms with Crippen molar-refractivity contribution in [1.82, 2.24) is 15.7 Å². The smallest absolute Gasteiger partial charge is 0.144 e. The number of rotatable bonds is 3. The van der Waals surface area contributed by atoms with E-state index in [0.29, 0.717) is 6.42 Å². The van der Waals surface area contributed by atoms with Crippen LogP contribution >= 0.6 is 12.6 Å². The maximum Gasteiger partial charge on any atom is 0.144 e. The molecule has 19 heavy (non-hydrogen) atoms. The third kappa shape index (κ3) is 2.45. The second-order valence-electron chi connectivity index (χ2n) is 5.06. The third-order valence-corrected chi connectivity index (χ3v) is 4.08. The molecule has 5 N–H and O–H groups in total. The van der Waals surface area contributed by atoms with Crippen LogP contribution < -0.4 is 16.6 Å². The van der Waals surface area contributed by atoms with Crippen molar-refractivity contribution in [2.24, 2.45) is 11.3 Å². The number of aromatic nitrogens is 1. The van der Waals surface area contributed by atoms with Crippen molar-refractivity contribution >= 4 is 12.6 Å². The van der Waals surface area contributed by atoms with Crippen LogP contribution in [0.2, 0.25) is 0 Å². The Kier molecular flexibility index (Phi) is 3.80. The Labute approximate surface area is 117 Å². The Morgan fingerprint density at radius 1 is 1.79 bits per heavy atom. The molecule has 0 spiro atoms. The maximum absolute atomic E-state index is 9.91. The molecule has 102 valence electrons. The topological polar surface area (TPSA) is 107 Å². The normalized spacial score (nSPS) is 35.8. The lowest BCUT2D eigenvalue weighted by Crippen LogP contribution is -2.55. The van der Waals surface area contributed by atoms with Crippen LogP contribution in [0.3, 0.4) is 0 Å². The van der Waals surface area contributed by atoms with Crippen molar-refractivity contribution in [2.75, 3.05) is 0 Å². The summed E-state index contributed by atoms with van der Waals surface area (Å²) in [5, 5.41) is 22.6. The van der Waals surface area contributed by atoms with E-state index in [9.17, 15) is 10.4 Å². The molecule has 6 nitrogen and oxygen atoms in total. The standard InChI is InChI=1S/C12H17N5OS/c1-11(7-13)6-12(19,10(18)17-14)16-9(11)8-3-2-4-15-5-8/h2-5,9-10,16-19H,6,14H2,1H3. The first-order valence-corrected chi connectivity index (χ1v) is 6.35. The zero-order chi connectivity index (χ0) is 14.1. The molecule has 0 aliphatic carbocycles. The zero-order valence-electron chi connectivity index (χ0n) is 10.5. The monoisotopic (exact) mass is 279 g/mol. The minimum Gasteiger partial charge on any atom is -0.374 e. The number of aliphatic hydroxyl groups is 1. The molecule has 1 aromatic rings. The number of nitrogens with one attached hydrogen (secondary N) is 2. The Bertz CT molecular complexity index is 493. The molecule has 2 rings (SSSR count). The summed E-state index contributed by atoms with van der Waals surface area (Å²) in [5.74, 6) is 5.27. The van der Waals surface area contributed by atoms with E-state index in [1.807, 2.05) is 19.1 Å². The molecule has 1 aliphatic heterocycles. The minimum absolute atomic E-state index is 0.272. The van der Waals surface area contributed by atoms with Gasteiger partial charge in [0.25, 0.3) is 0 Å². The van der Waals surface area contributed by atoms with Crippen LogP contribution in [0.1, 0.15) is 24.9 Å². The third-order valence-electron chi connectivity index (χ3n) is 3.55. The summed E-state index contributed by atoms with van der Waals surface area (Å²) in [5.41, 5.74) is 2.45. The Hall–Kier alpha value is -1.17. The summed E-state index contributed by atoms with van der Waals surface area (Å²) in [7, 11) is 0. The molecule has 0 aromatic carbocycles. The highest BCUT2D eigenvalue weighted by Gasteiger charge is 2.54. The fourth-order valence-electron chi connectivity index (χ4n) is 2.54. The van der Waals surface area contributed by atoms with Crippen molar-refractivity contribution in [3.8, 4) is 6.07 Å². The quantitative estimate of drug-likeness (QED) is 0.232. The van der Waals surface area contributed by atoms with E-state index in [4.69, 9.17) is 5.84 Å².